The van der Waals surface area contributed by atoms with Gasteiger partial charge in [-0.1, -0.05) is 91.0 Å². The number of benzene rings is 5. The van der Waals surface area contributed by atoms with Crippen molar-refractivity contribution in [3.63, 3.8) is 0 Å². The van der Waals surface area contributed by atoms with E-state index in [-0.39, 0.29) is 35.7 Å². The second kappa shape index (κ2) is 17.6. The third kappa shape index (κ3) is 9.29. The van der Waals surface area contributed by atoms with Crippen molar-refractivity contribution >= 4 is 16.9 Å². The Balaban J connectivity index is 0.853. The van der Waals surface area contributed by atoms with Gasteiger partial charge in [-0.3, -0.25) is 14.5 Å². The molecule has 9 rings (SSSR count). The molecule has 2 bridgehead atoms. The van der Waals surface area contributed by atoms with Gasteiger partial charge in [-0.05, 0) is 114 Å². The largest absolute Gasteiger partial charge is 0.506 e. The molecule has 4 N–H and O–H groups in total. The quantitative estimate of drug-likeness (QED) is 0.0627. The van der Waals surface area contributed by atoms with E-state index in [0.29, 0.717) is 42.1 Å². The van der Waals surface area contributed by atoms with E-state index >= 15 is 0 Å². The number of phenolic OH excluding ortho intramolecular Hbond substituents is 1. The first-order chi connectivity index (χ1) is 27.9. The summed E-state index contributed by atoms with van der Waals surface area (Å²) in [6, 6.07) is 41.3. The first kappa shape index (κ1) is 38.1. The molecule has 3 aliphatic rings. The molecular weight excluding hydrogens is 715 g/mol. The molecule has 0 aliphatic carbocycles. The minimum atomic E-state index is -0.803. The SMILES string of the molecule is O=C(CC(c1ccccc1)c1cccc(OCc2cccc(-c3ccc(CCNC[C@H](O)c4ccc(O)c5[nH]c(=O)ccc45)cc3)c2)c1)O[C@H]1CN2CCC1CC2. The molecular formula is C48H49N3O6. The fraction of sp³-hybridized carbons (Fsp3) is 0.292. The lowest BCUT2D eigenvalue weighted by molar-refractivity contribution is -0.159. The Labute approximate surface area is 332 Å². The van der Waals surface area contributed by atoms with Crippen molar-refractivity contribution in [3.8, 4) is 22.6 Å². The number of H-pyrrole nitrogens is 1. The first-order valence-electron chi connectivity index (χ1n) is 20.0. The maximum absolute atomic E-state index is 13.4. The molecule has 9 nitrogen and oxygen atoms in total. The zero-order valence-corrected chi connectivity index (χ0v) is 32.0. The van der Waals surface area contributed by atoms with E-state index in [0.717, 1.165) is 72.5 Å². The number of carbonyl (C=O) groups is 1. The Hall–Kier alpha value is -5.74. The van der Waals surface area contributed by atoms with Crippen LogP contribution < -0.4 is 15.6 Å². The van der Waals surface area contributed by atoms with Crippen LogP contribution in [0, 0.1) is 5.92 Å². The van der Waals surface area contributed by atoms with Gasteiger partial charge in [0.05, 0.1) is 18.0 Å². The number of phenols is 1. The summed E-state index contributed by atoms with van der Waals surface area (Å²) in [5, 5.41) is 25.0. The van der Waals surface area contributed by atoms with E-state index in [9.17, 15) is 19.8 Å². The van der Waals surface area contributed by atoms with Crippen LogP contribution in [0.2, 0.25) is 0 Å². The fourth-order valence-electron chi connectivity index (χ4n) is 8.36. The number of hydrogen-bond acceptors (Lipinski definition) is 8. The van der Waals surface area contributed by atoms with Crippen molar-refractivity contribution in [2.45, 2.75) is 50.4 Å². The number of pyridine rings is 1. The Morgan fingerprint density at radius 2 is 1.61 bits per heavy atom. The topological polar surface area (TPSA) is 124 Å². The van der Waals surface area contributed by atoms with Gasteiger partial charge in [0.25, 0.3) is 0 Å². The van der Waals surface area contributed by atoms with Crippen molar-refractivity contribution in [3.05, 3.63) is 166 Å². The average Bonchev–Trinajstić information content (AvgIpc) is 3.25. The summed E-state index contributed by atoms with van der Waals surface area (Å²) in [6.45, 7) is 4.48. The highest BCUT2D eigenvalue weighted by Gasteiger charge is 2.37. The number of rotatable bonds is 15. The molecule has 5 aromatic carbocycles. The summed E-state index contributed by atoms with van der Waals surface area (Å²) >= 11 is 0. The van der Waals surface area contributed by atoms with Crippen LogP contribution >= 0.6 is 0 Å². The van der Waals surface area contributed by atoms with Crippen LogP contribution in [0.5, 0.6) is 11.5 Å². The molecule has 57 heavy (non-hydrogen) atoms. The number of nitrogens with one attached hydrogen (secondary N) is 2. The fourth-order valence-corrected chi connectivity index (χ4v) is 8.36. The van der Waals surface area contributed by atoms with Crippen molar-refractivity contribution in [2.24, 2.45) is 5.92 Å². The van der Waals surface area contributed by atoms with E-state index in [1.807, 2.05) is 30.3 Å². The lowest BCUT2D eigenvalue weighted by atomic mass is 9.85. The number of esters is 1. The molecule has 0 amide bonds. The molecule has 0 saturated carbocycles. The zero-order valence-electron chi connectivity index (χ0n) is 32.0. The molecule has 6 aromatic rings. The van der Waals surface area contributed by atoms with E-state index in [2.05, 4.69) is 88.0 Å². The van der Waals surface area contributed by atoms with Crippen LogP contribution in [0.15, 0.2) is 132 Å². The average molecular weight is 764 g/mol. The van der Waals surface area contributed by atoms with Crippen molar-refractivity contribution < 1.29 is 24.5 Å². The molecule has 1 aromatic heterocycles. The Morgan fingerprint density at radius 1 is 0.825 bits per heavy atom. The van der Waals surface area contributed by atoms with E-state index < -0.39 is 6.10 Å². The van der Waals surface area contributed by atoms with Gasteiger partial charge in [0, 0.05) is 30.5 Å². The number of piperidine rings is 3. The number of ether oxygens (including phenoxy) is 2. The normalized spacial score (nSPS) is 18.6. The molecule has 292 valence electrons. The summed E-state index contributed by atoms with van der Waals surface area (Å²) in [5.41, 5.74) is 7.20. The lowest BCUT2D eigenvalue weighted by Crippen LogP contribution is -2.52. The van der Waals surface area contributed by atoms with Gasteiger partial charge in [0.2, 0.25) is 5.56 Å². The van der Waals surface area contributed by atoms with Crippen LogP contribution in [0.25, 0.3) is 22.0 Å². The summed E-state index contributed by atoms with van der Waals surface area (Å²) in [7, 11) is 0. The number of fused-ring (bicyclic) bond motifs is 4. The first-order valence-corrected chi connectivity index (χ1v) is 20.0. The minimum Gasteiger partial charge on any atom is -0.506 e. The zero-order chi connectivity index (χ0) is 39.1. The Morgan fingerprint density at radius 3 is 2.40 bits per heavy atom. The highest BCUT2D eigenvalue weighted by atomic mass is 16.5. The maximum Gasteiger partial charge on any atom is 0.307 e. The summed E-state index contributed by atoms with van der Waals surface area (Å²) < 4.78 is 12.5. The minimum absolute atomic E-state index is 0.00858. The van der Waals surface area contributed by atoms with Crippen molar-refractivity contribution in [1.29, 1.82) is 0 Å². The monoisotopic (exact) mass is 763 g/mol. The van der Waals surface area contributed by atoms with Crippen molar-refractivity contribution in [2.75, 3.05) is 32.7 Å². The predicted molar refractivity (Wildman–Crippen MR) is 222 cm³/mol. The number of aromatic nitrogens is 1. The number of aliphatic hydroxyl groups is 1. The van der Waals surface area contributed by atoms with Crippen LogP contribution in [0.1, 0.15) is 59.1 Å². The van der Waals surface area contributed by atoms with Gasteiger partial charge < -0.3 is 30.0 Å². The van der Waals surface area contributed by atoms with Gasteiger partial charge in [0.15, 0.2) is 0 Å². The second-order valence-electron chi connectivity index (χ2n) is 15.3. The van der Waals surface area contributed by atoms with E-state index in [4.69, 9.17) is 9.47 Å². The summed E-state index contributed by atoms with van der Waals surface area (Å²) in [6.07, 6.45) is 2.47. The standard InChI is InChI=1S/C48H49N3O6/c52-43-18-16-40(41-17-19-46(54)50-48(41)43)44(53)29-49-23-20-32-12-14-34(15-13-32)37-9-4-6-33(26-37)31-56-39-11-5-10-38(27-39)42(35-7-2-1-3-8-35)28-47(55)57-45-30-51-24-21-36(45)22-25-51/h1-19,26-27,36,42,44-45,49,52-53H,20-25,28-31H2,(H,50,54)/t42?,44-,45-/m0/s1. The predicted octanol–water partition coefficient (Wildman–Crippen LogP) is 7.50. The van der Waals surface area contributed by atoms with Gasteiger partial charge in [-0.25, -0.2) is 0 Å². The second-order valence-corrected chi connectivity index (χ2v) is 15.3. The highest BCUT2D eigenvalue weighted by Crippen LogP contribution is 2.34. The van der Waals surface area contributed by atoms with Gasteiger partial charge in [0.1, 0.15) is 24.2 Å². The number of aromatic amines is 1. The summed E-state index contributed by atoms with van der Waals surface area (Å²) in [5.74, 6) is 0.912. The highest BCUT2D eigenvalue weighted by molar-refractivity contribution is 5.87. The van der Waals surface area contributed by atoms with Crippen LogP contribution in [0.3, 0.4) is 0 Å². The number of nitrogens with zero attached hydrogens (tertiary/aromatic N) is 1. The van der Waals surface area contributed by atoms with Gasteiger partial charge in [-0.15, -0.1) is 0 Å². The molecule has 9 heteroatoms. The molecule has 3 atom stereocenters. The molecule has 1 unspecified atom stereocenters. The smallest absolute Gasteiger partial charge is 0.307 e. The van der Waals surface area contributed by atoms with Gasteiger partial charge in [-0.2, -0.15) is 0 Å². The number of carbonyl (C=O) groups excluding carboxylic acids is 1. The molecule has 0 radical (unpaired) electrons. The third-order valence-electron chi connectivity index (χ3n) is 11.5. The molecule has 3 saturated heterocycles. The Kier molecular flexibility index (Phi) is 11.8. The molecule has 0 spiro atoms. The lowest BCUT2D eigenvalue weighted by Gasteiger charge is -2.44. The maximum atomic E-state index is 13.4. The molecule has 3 fully saturated rings. The summed E-state index contributed by atoms with van der Waals surface area (Å²) in [4.78, 5) is 30.2. The number of aromatic hydroxyl groups is 1. The number of hydrogen-bond donors (Lipinski definition) is 4. The molecule has 4 heterocycles. The van der Waals surface area contributed by atoms with E-state index in [1.165, 1.54) is 17.7 Å². The number of aliphatic hydroxyl groups excluding tert-OH is 1. The van der Waals surface area contributed by atoms with Gasteiger partial charge >= 0.3 is 5.97 Å². The van der Waals surface area contributed by atoms with E-state index in [1.54, 1.807) is 12.1 Å². The molecule has 3 aliphatic heterocycles. The van der Waals surface area contributed by atoms with Crippen molar-refractivity contribution in [1.82, 2.24) is 15.2 Å². The van der Waals surface area contributed by atoms with Crippen LogP contribution in [0.4, 0.5) is 0 Å². The van der Waals surface area contributed by atoms with Crippen LogP contribution in [-0.4, -0.2) is 64.9 Å². The van der Waals surface area contributed by atoms with Crippen LogP contribution in [-0.2, 0) is 22.6 Å². The third-order valence-corrected chi connectivity index (χ3v) is 11.5. The Bertz CT molecular complexity index is 2350.